The highest BCUT2D eigenvalue weighted by atomic mass is 16.5. The van der Waals surface area contributed by atoms with Gasteiger partial charge < -0.3 is 9.84 Å². The lowest BCUT2D eigenvalue weighted by molar-refractivity contribution is -0.135. The number of aliphatic hydroxyl groups is 1. The van der Waals surface area contributed by atoms with E-state index in [9.17, 15) is 5.11 Å². The average Bonchev–Trinajstić information content (AvgIpc) is 1.83. The molecule has 0 amide bonds. The molecule has 12 heavy (non-hydrogen) atoms. The molecule has 1 aliphatic heterocycles. The molecule has 1 aliphatic rings. The maximum atomic E-state index is 10.1. The van der Waals surface area contributed by atoms with E-state index in [2.05, 4.69) is 20.8 Å². The molecule has 0 aromatic carbocycles. The van der Waals surface area contributed by atoms with Crippen molar-refractivity contribution >= 4 is 0 Å². The largest absolute Gasteiger partial charge is 0.390 e. The van der Waals surface area contributed by atoms with Gasteiger partial charge in [0.05, 0.1) is 12.2 Å². The van der Waals surface area contributed by atoms with Gasteiger partial charge in [0.2, 0.25) is 0 Å². The highest BCUT2D eigenvalue weighted by molar-refractivity contribution is 4.91. The lowest BCUT2D eigenvalue weighted by Gasteiger charge is -2.44. The molecule has 2 nitrogen and oxygen atoms in total. The van der Waals surface area contributed by atoms with Crippen LogP contribution in [0.2, 0.25) is 0 Å². The first-order valence-electron chi connectivity index (χ1n) is 4.64. The third kappa shape index (κ3) is 1.99. The molecule has 0 aliphatic carbocycles. The van der Waals surface area contributed by atoms with Gasteiger partial charge >= 0.3 is 0 Å². The van der Waals surface area contributed by atoms with E-state index >= 15 is 0 Å². The fourth-order valence-electron chi connectivity index (χ4n) is 2.02. The SMILES string of the molecule is CC(C)(C)[C@H]1COCC[C@@]1(C)O. The molecular formula is C10H20O2. The van der Waals surface area contributed by atoms with Crippen molar-refractivity contribution in [3.63, 3.8) is 0 Å². The topological polar surface area (TPSA) is 29.5 Å². The highest BCUT2D eigenvalue weighted by Gasteiger charge is 2.42. The standard InChI is InChI=1S/C10H20O2/c1-9(2,3)8-7-12-6-5-10(8,4)11/h8,11H,5-7H2,1-4H3/t8-,10-/m1/s1. The van der Waals surface area contributed by atoms with Crippen molar-refractivity contribution in [1.29, 1.82) is 0 Å². The van der Waals surface area contributed by atoms with Gasteiger partial charge in [0.25, 0.3) is 0 Å². The monoisotopic (exact) mass is 172 g/mol. The minimum absolute atomic E-state index is 0.129. The molecule has 0 radical (unpaired) electrons. The first-order valence-corrected chi connectivity index (χ1v) is 4.64. The molecule has 0 aromatic rings. The summed E-state index contributed by atoms with van der Waals surface area (Å²) in [6, 6.07) is 0. The summed E-state index contributed by atoms with van der Waals surface area (Å²) in [5.74, 6) is 0.249. The Morgan fingerprint density at radius 1 is 1.42 bits per heavy atom. The molecular weight excluding hydrogens is 152 g/mol. The number of rotatable bonds is 0. The molecule has 72 valence electrons. The Bertz CT molecular complexity index is 156. The summed E-state index contributed by atoms with van der Waals surface area (Å²) in [6.45, 7) is 9.77. The highest BCUT2D eigenvalue weighted by Crippen LogP contribution is 2.38. The summed E-state index contributed by atoms with van der Waals surface area (Å²) in [5, 5.41) is 10.1. The van der Waals surface area contributed by atoms with E-state index in [0.717, 1.165) is 6.42 Å². The van der Waals surface area contributed by atoms with Gasteiger partial charge in [0.1, 0.15) is 0 Å². The van der Waals surface area contributed by atoms with Crippen molar-refractivity contribution in [2.24, 2.45) is 11.3 Å². The molecule has 1 heterocycles. The second-order valence-electron chi connectivity index (χ2n) is 5.10. The lowest BCUT2D eigenvalue weighted by Crippen LogP contribution is -2.48. The van der Waals surface area contributed by atoms with Crippen LogP contribution >= 0.6 is 0 Å². The summed E-state index contributed by atoms with van der Waals surface area (Å²) in [4.78, 5) is 0. The zero-order valence-electron chi connectivity index (χ0n) is 8.55. The molecule has 0 aromatic heterocycles. The van der Waals surface area contributed by atoms with Crippen LogP contribution in [0.5, 0.6) is 0 Å². The van der Waals surface area contributed by atoms with Crippen molar-refractivity contribution in [3.8, 4) is 0 Å². The Morgan fingerprint density at radius 3 is 2.33 bits per heavy atom. The van der Waals surface area contributed by atoms with Gasteiger partial charge in [-0.1, -0.05) is 20.8 Å². The van der Waals surface area contributed by atoms with Gasteiger partial charge in [-0.3, -0.25) is 0 Å². The molecule has 1 saturated heterocycles. The second-order valence-corrected chi connectivity index (χ2v) is 5.10. The molecule has 1 N–H and O–H groups in total. The maximum Gasteiger partial charge on any atom is 0.0696 e. The quantitative estimate of drug-likeness (QED) is 0.604. The van der Waals surface area contributed by atoms with Crippen molar-refractivity contribution in [2.45, 2.75) is 39.7 Å². The van der Waals surface area contributed by atoms with Gasteiger partial charge in [-0.05, 0) is 18.8 Å². The molecule has 1 rings (SSSR count). The Morgan fingerprint density at radius 2 is 2.00 bits per heavy atom. The normalized spacial score (nSPS) is 38.2. The zero-order chi connectivity index (χ0) is 9.41. The summed E-state index contributed by atoms with van der Waals surface area (Å²) >= 11 is 0. The molecule has 0 bridgehead atoms. The Hall–Kier alpha value is -0.0800. The van der Waals surface area contributed by atoms with Crippen molar-refractivity contribution in [2.75, 3.05) is 13.2 Å². The molecule has 0 saturated carbocycles. The summed E-state index contributed by atoms with van der Waals surface area (Å²) in [7, 11) is 0. The van der Waals surface area contributed by atoms with Crippen LogP contribution in [0, 0.1) is 11.3 Å². The Kier molecular flexibility index (Phi) is 2.50. The van der Waals surface area contributed by atoms with Gasteiger partial charge in [-0.25, -0.2) is 0 Å². The molecule has 2 heteroatoms. The van der Waals surface area contributed by atoms with Crippen molar-refractivity contribution in [3.05, 3.63) is 0 Å². The van der Waals surface area contributed by atoms with Crippen LogP contribution < -0.4 is 0 Å². The third-order valence-electron chi connectivity index (χ3n) is 2.83. The zero-order valence-corrected chi connectivity index (χ0v) is 8.55. The van der Waals surface area contributed by atoms with Crippen LogP contribution in [0.3, 0.4) is 0 Å². The van der Waals surface area contributed by atoms with Crippen LogP contribution in [0.4, 0.5) is 0 Å². The Labute approximate surface area is 74.9 Å². The van der Waals surface area contributed by atoms with Crippen LogP contribution in [0.15, 0.2) is 0 Å². The van der Waals surface area contributed by atoms with Crippen LogP contribution in [-0.4, -0.2) is 23.9 Å². The van der Waals surface area contributed by atoms with Crippen LogP contribution in [-0.2, 0) is 4.74 Å². The van der Waals surface area contributed by atoms with Gasteiger partial charge in [0.15, 0.2) is 0 Å². The van der Waals surface area contributed by atoms with E-state index in [0.29, 0.717) is 13.2 Å². The molecule has 0 spiro atoms. The molecule has 1 fully saturated rings. The third-order valence-corrected chi connectivity index (χ3v) is 2.83. The predicted molar refractivity (Wildman–Crippen MR) is 49.0 cm³/mol. The van der Waals surface area contributed by atoms with E-state index < -0.39 is 5.60 Å². The summed E-state index contributed by atoms with van der Waals surface area (Å²) < 4.78 is 5.38. The lowest BCUT2D eigenvalue weighted by atomic mass is 9.70. The van der Waals surface area contributed by atoms with Crippen molar-refractivity contribution < 1.29 is 9.84 Å². The summed E-state index contributed by atoms with van der Waals surface area (Å²) in [6.07, 6.45) is 0.759. The number of hydrogen-bond acceptors (Lipinski definition) is 2. The van der Waals surface area contributed by atoms with Crippen LogP contribution in [0.25, 0.3) is 0 Å². The second kappa shape index (κ2) is 3.00. The summed E-state index contributed by atoms with van der Waals surface area (Å²) in [5.41, 5.74) is -0.416. The van der Waals surface area contributed by atoms with Gasteiger partial charge in [0, 0.05) is 12.5 Å². The fourth-order valence-corrected chi connectivity index (χ4v) is 2.02. The molecule has 2 atom stereocenters. The first kappa shape index (κ1) is 10.0. The van der Waals surface area contributed by atoms with Gasteiger partial charge in [-0.15, -0.1) is 0 Å². The first-order chi connectivity index (χ1) is 5.34. The van der Waals surface area contributed by atoms with Crippen molar-refractivity contribution in [1.82, 2.24) is 0 Å². The molecule has 0 unspecified atom stereocenters. The number of ether oxygens (including phenoxy) is 1. The van der Waals surface area contributed by atoms with E-state index in [-0.39, 0.29) is 11.3 Å². The minimum Gasteiger partial charge on any atom is -0.390 e. The maximum absolute atomic E-state index is 10.1. The van der Waals surface area contributed by atoms with E-state index in [4.69, 9.17) is 4.74 Å². The minimum atomic E-state index is -0.545. The fraction of sp³-hybridized carbons (Fsp3) is 1.00. The van der Waals surface area contributed by atoms with E-state index in [1.54, 1.807) is 0 Å². The average molecular weight is 172 g/mol. The predicted octanol–water partition coefficient (Wildman–Crippen LogP) is 1.82. The van der Waals surface area contributed by atoms with Gasteiger partial charge in [-0.2, -0.15) is 0 Å². The smallest absolute Gasteiger partial charge is 0.0696 e. The van der Waals surface area contributed by atoms with Crippen LogP contribution in [0.1, 0.15) is 34.1 Å². The van der Waals surface area contributed by atoms with E-state index in [1.807, 2.05) is 6.92 Å². The van der Waals surface area contributed by atoms with E-state index in [1.165, 1.54) is 0 Å². The Balaban J connectivity index is 2.73. The number of hydrogen-bond donors (Lipinski definition) is 1.